The standard InChI is InChI=1S/C21H17NO3S2Se/c1-3-22-15-12-13(23)4-10-19(15)28-20(22)11-6-14-5-7-16(26-14)17-8-9-18(27-17)21(24)25-2/h4-12H,3H2,1-2H3/p+1/b11-6+. The van der Waals surface area contributed by atoms with Crippen molar-refractivity contribution in [3.05, 3.63) is 56.8 Å². The van der Waals surface area contributed by atoms with Gasteiger partial charge >= 0.3 is 177 Å². The fraction of sp³-hybridized carbons (Fsp3) is 0.143. The van der Waals surface area contributed by atoms with Crippen molar-refractivity contribution >= 4 is 65.1 Å². The van der Waals surface area contributed by atoms with E-state index in [0.29, 0.717) is 10.6 Å². The Morgan fingerprint density at radius 2 is 1.93 bits per heavy atom. The molecule has 0 amide bonds. The number of ether oxygens (including phenoxy) is 1. The Bertz CT molecular complexity index is 1190. The summed E-state index contributed by atoms with van der Waals surface area (Å²) in [6.45, 7) is 3.00. The zero-order valence-electron chi connectivity index (χ0n) is 15.3. The Morgan fingerprint density at radius 3 is 2.71 bits per heavy atom. The summed E-state index contributed by atoms with van der Waals surface area (Å²) in [6.07, 6.45) is 4.33. The molecule has 28 heavy (non-hydrogen) atoms. The van der Waals surface area contributed by atoms with E-state index in [4.69, 9.17) is 4.74 Å². The van der Waals surface area contributed by atoms with Gasteiger partial charge in [-0.05, 0) is 0 Å². The summed E-state index contributed by atoms with van der Waals surface area (Å²) in [5, 5.41) is 9.79. The average Bonchev–Trinajstić information content (AvgIpc) is 3.42. The van der Waals surface area contributed by atoms with Gasteiger partial charge in [0.2, 0.25) is 0 Å². The number of carbonyl (C=O) groups is 1. The number of benzene rings is 1. The van der Waals surface area contributed by atoms with Crippen molar-refractivity contribution in [2.75, 3.05) is 7.11 Å². The van der Waals surface area contributed by atoms with Crippen molar-refractivity contribution in [3.8, 4) is 15.5 Å². The summed E-state index contributed by atoms with van der Waals surface area (Å²) < 4.78 is 9.63. The van der Waals surface area contributed by atoms with E-state index in [1.165, 1.54) is 32.2 Å². The van der Waals surface area contributed by atoms with Crippen LogP contribution in [0, 0.1) is 0 Å². The molecule has 0 aliphatic carbocycles. The molecule has 0 aliphatic heterocycles. The summed E-state index contributed by atoms with van der Waals surface area (Å²) >= 11 is 3.39. The number of esters is 1. The number of hydrogen-bond acceptors (Lipinski definition) is 5. The van der Waals surface area contributed by atoms with Crippen LogP contribution >= 0.6 is 22.7 Å². The molecule has 0 bridgehead atoms. The van der Waals surface area contributed by atoms with Crippen molar-refractivity contribution < 1.29 is 19.2 Å². The Kier molecular flexibility index (Phi) is 5.51. The molecule has 4 aromatic rings. The number of fused-ring (bicyclic) bond motifs is 1. The van der Waals surface area contributed by atoms with Gasteiger partial charge in [-0.25, -0.2) is 0 Å². The third-order valence-corrected chi connectivity index (χ3v) is 8.97. The molecule has 0 saturated heterocycles. The minimum atomic E-state index is -0.293. The number of hydrogen-bond donors (Lipinski definition) is 1. The van der Waals surface area contributed by atoms with Gasteiger partial charge in [-0.3, -0.25) is 0 Å². The van der Waals surface area contributed by atoms with Crippen LogP contribution in [0.15, 0.2) is 42.5 Å². The van der Waals surface area contributed by atoms with Gasteiger partial charge in [-0.2, -0.15) is 0 Å². The Morgan fingerprint density at radius 1 is 1.14 bits per heavy atom. The Balaban J connectivity index is 1.60. The summed E-state index contributed by atoms with van der Waals surface area (Å²) in [7, 11) is 1.40. The van der Waals surface area contributed by atoms with Gasteiger partial charge in [0.25, 0.3) is 0 Å². The second kappa shape index (κ2) is 8.05. The molecule has 0 atom stereocenters. The topological polar surface area (TPSA) is 50.4 Å². The van der Waals surface area contributed by atoms with Crippen LogP contribution in [0.1, 0.15) is 26.0 Å². The van der Waals surface area contributed by atoms with E-state index in [2.05, 4.69) is 35.8 Å². The van der Waals surface area contributed by atoms with Crippen LogP contribution in [0.2, 0.25) is 0 Å². The van der Waals surface area contributed by atoms with Gasteiger partial charge in [0, 0.05) is 0 Å². The van der Waals surface area contributed by atoms with Crippen LogP contribution < -0.4 is 4.57 Å². The SMILES string of the molecule is CC[n+]1c(/C=C/c2ccc(-c3ccc(C(=O)OC)s3)s2)[se]c2ccc(O)cc21. The normalized spacial score (nSPS) is 11.5. The fourth-order valence-electron chi connectivity index (χ4n) is 2.95. The Hall–Kier alpha value is -2.18. The molecule has 1 N–H and O–H groups in total. The van der Waals surface area contributed by atoms with Crippen LogP contribution in [0.4, 0.5) is 0 Å². The van der Waals surface area contributed by atoms with Crippen molar-refractivity contribution in [2.45, 2.75) is 13.5 Å². The van der Waals surface area contributed by atoms with Crippen molar-refractivity contribution in [3.63, 3.8) is 0 Å². The summed E-state index contributed by atoms with van der Waals surface area (Å²) in [5.74, 6) is 0.0152. The van der Waals surface area contributed by atoms with Gasteiger partial charge < -0.3 is 0 Å². The van der Waals surface area contributed by atoms with E-state index < -0.39 is 0 Å². The molecule has 1 aromatic carbocycles. The number of phenols is 1. The van der Waals surface area contributed by atoms with Crippen molar-refractivity contribution in [1.29, 1.82) is 0 Å². The quantitative estimate of drug-likeness (QED) is 0.260. The summed E-state index contributed by atoms with van der Waals surface area (Å²) in [5.41, 5.74) is 1.11. The number of aromatic nitrogens is 1. The van der Waals surface area contributed by atoms with Crippen LogP contribution in [0.3, 0.4) is 0 Å². The number of carbonyl (C=O) groups excluding carboxylic acids is 1. The van der Waals surface area contributed by atoms with Gasteiger partial charge in [0.05, 0.1) is 0 Å². The molecule has 0 unspecified atom stereocenters. The van der Waals surface area contributed by atoms with Crippen LogP contribution in [0.5, 0.6) is 5.75 Å². The predicted molar refractivity (Wildman–Crippen MR) is 116 cm³/mol. The molecular weight excluding hydrogens is 457 g/mol. The molecule has 7 heteroatoms. The van der Waals surface area contributed by atoms with E-state index in [-0.39, 0.29) is 20.5 Å². The first kappa shape index (κ1) is 19.1. The number of methoxy groups -OCH3 is 1. The van der Waals surface area contributed by atoms with E-state index in [1.54, 1.807) is 17.4 Å². The number of thiophene rings is 2. The maximum absolute atomic E-state index is 11.6. The number of rotatable bonds is 5. The maximum atomic E-state index is 11.6. The predicted octanol–water partition coefficient (Wildman–Crippen LogP) is 4.66. The summed E-state index contributed by atoms with van der Waals surface area (Å²) in [6, 6.07) is 13.6. The van der Waals surface area contributed by atoms with E-state index in [9.17, 15) is 9.90 Å². The summed E-state index contributed by atoms with van der Waals surface area (Å²) in [4.78, 5) is 15.6. The molecule has 0 aliphatic rings. The van der Waals surface area contributed by atoms with E-state index in [1.807, 2.05) is 24.3 Å². The van der Waals surface area contributed by atoms with Gasteiger partial charge in [-0.15, -0.1) is 0 Å². The average molecular weight is 475 g/mol. The second-order valence-corrected chi connectivity index (χ2v) is 10.5. The van der Waals surface area contributed by atoms with Crippen LogP contribution in [-0.2, 0) is 11.3 Å². The first-order chi connectivity index (χ1) is 13.6. The number of phenolic OH excluding ortho intramolecular Hbond substituents is 1. The third kappa shape index (κ3) is 3.71. The van der Waals surface area contributed by atoms with Crippen LogP contribution in [0.25, 0.3) is 31.7 Å². The molecule has 4 nitrogen and oxygen atoms in total. The molecule has 142 valence electrons. The first-order valence-corrected chi connectivity index (χ1v) is 12.1. The zero-order valence-corrected chi connectivity index (χ0v) is 18.7. The molecule has 3 heterocycles. The minimum absolute atomic E-state index is 0.235. The van der Waals surface area contributed by atoms with Gasteiger partial charge in [-0.1, -0.05) is 0 Å². The molecule has 4 rings (SSSR count). The molecule has 0 saturated carbocycles. The van der Waals surface area contributed by atoms with Gasteiger partial charge in [0.15, 0.2) is 0 Å². The van der Waals surface area contributed by atoms with Gasteiger partial charge in [0.1, 0.15) is 0 Å². The molecule has 0 fully saturated rings. The fourth-order valence-corrected chi connectivity index (χ4v) is 7.20. The van der Waals surface area contributed by atoms with Crippen molar-refractivity contribution in [1.82, 2.24) is 0 Å². The molecule has 0 spiro atoms. The number of nitrogens with zero attached hydrogens (tertiary/aromatic N) is 1. The Labute approximate surface area is 176 Å². The first-order valence-electron chi connectivity index (χ1n) is 8.71. The third-order valence-electron chi connectivity index (χ3n) is 4.28. The molecule has 3 aromatic heterocycles. The van der Waals surface area contributed by atoms with E-state index in [0.717, 1.165) is 21.8 Å². The van der Waals surface area contributed by atoms with E-state index >= 15 is 0 Å². The van der Waals surface area contributed by atoms with Crippen LogP contribution in [-0.4, -0.2) is 32.7 Å². The number of aryl methyl sites for hydroxylation is 1. The number of aromatic hydroxyl groups is 1. The molecule has 0 radical (unpaired) electrons. The molecular formula is C21H18NO3S2Se+. The monoisotopic (exact) mass is 476 g/mol. The second-order valence-electron chi connectivity index (χ2n) is 6.03. The zero-order chi connectivity index (χ0) is 19.7. The van der Waals surface area contributed by atoms with Crippen molar-refractivity contribution in [2.24, 2.45) is 0 Å².